The molecule has 0 radical (unpaired) electrons. The Kier molecular flexibility index (Phi) is 4.06. The van der Waals surface area contributed by atoms with Gasteiger partial charge in [0.2, 0.25) is 0 Å². The van der Waals surface area contributed by atoms with E-state index in [1.165, 1.54) is 22.1 Å². The van der Waals surface area contributed by atoms with Crippen LogP contribution in [0.5, 0.6) is 0 Å². The topological polar surface area (TPSA) is 43.4 Å². The van der Waals surface area contributed by atoms with E-state index in [0.29, 0.717) is 12.8 Å². The Hall–Kier alpha value is -1.20. The quantitative estimate of drug-likeness (QED) is 0.812. The van der Waals surface area contributed by atoms with Crippen LogP contribution in [0.15, 0.2) is 0 Å². The molecule has 0 fully saturated rings. The minimum Gasteiger partial charge on any atom is -0.469 e. The highest BCUT2D eigenvalue weighted by Gasteiger charge is 2.18. The molecule has 0 bridgehead atoms. The predicted octanol–water partition coefficient (Wildman–Crippen LogP) is 3.43. The maximum atomic E-state index is 11.4. The van der Waals surface area contributed by atoms with Crippen molar-refractivity contribution in [1.29, 1.82) is 0 Å². The van der Waals surface area contributed by atoms with Crippen molar-refractivity contribution in [3.8, 4) is 0 Å². The van der Waals surface area contributed by atoms with Gasteiger partial charge in [-0.05, 0) is 31.9 Å². The van der Waals surface area contributed by atoms with Crippen molar-refractivity contribution in [1.82, 2.24) is 0 Å². The summed E-state index contributed by atoms with van der Waals surface area (Å²) < 4.78 is 7.13. The molecule has 0 saturated heterocycles. The average molecular weight is 296 g/mol. The monoisotopic (exact) mass is 296 g/mol. The summed E-state index contributed by atoms with van der Waals surface area (Å²) in [5, 5.41) is 0. The van der Waals surface area contributed by atoms with E-state index >= 15 is 0 Å². The Balaban J connectivity index is 2.43. The van der Waals surface area contributed by atoms with E-state index in [0.717, 1.165) is 15.3 Å². The van der Waals surface area contributed by atoms with E-state index in [2.05, 4.69) is 6.92 Å². The van der Waals surface area contributed by atoms with Gasteiger partial charge in [0.1, 0.15) is 5.78 Å². The molecule has 0 aliphatic rings. The lowest BCUT2D eigenvalue weighted by Crippen LogP contribution is -2.03. The number of methoxy groups -OCH3 is 1. The highest BCUT2D eigenvalue weighted by atomic mass is 32.1. The van der Waals surface area contributed by atoms with Gasteiger partial charge in [-0.1, -0.05) is 0 Å². The van der Waals surface area contributed by atoms with Crippen LogP contribution in [-0.2, 0) is 27.2 Å². The normalized spacial score (nSPS) is 10.9. The highest BCUT2D eigenvalue weighted by Crippen LogP contribution is 2.41. The fraction of sp³-hybridized carbons (Fsp3) is 0.429. The van der Waals surface area contributed by atoms with E-state index in [-0.39, 0.29) is 11.8 Å². The molecule has 2 rings (SSSR count). The van der Waals surface area contributed by atoms with Gasteiger partial charge in [-0.25, -0.2) is 0 Å². The van der Waals surface area contributed by atoms with Gasteiger partial charge in [-0.15, -0.1) is 22.7 Å². The lowest BCUT2D eigenvalue weighted by molar-refractivity contribution is -0.139. The van der Waals surface area contributed by atoms with Crippen molar-refractivity contribution < 1.29 is 14.3 Å². The second-order valence-electron chi connectivity index (χ2n) is 4.59. The number of Topliss-reactive ketones (excluding diaryl/α,β-unsaturated/α-hetero) is 1. The maximum Gasteiger partial charge on any atom is 0.310 e. The molecule has 3 nitrogen and oxygen atoms in total. The fourth-order valence-electron chi connectivity index (χ4n) is 2.01. The van der Waals surface area contributed by atoms with Gasteiger partial charge >= 0.3 is 5.97 Å². The third-order valence-electron chi connectivity index (χ3n) is 3.12. The second-order valence-corrected chi connectivity index (χ2v) is 6.80. The largest absolute Gasteiger partial charge is 0.469 e. The van der Waals surface area contributed by atoms with Crippen LogP contribution in [-0.4, -0.2) is 18.9 Å². The molecule has 5 heteroatoms. The van der Waals surface area contributed by atoms with Crippen LogP contribution in [0.4, 0.5) is 0 Å². The minimum absolute atomic E-state index is 0.185. The summed E-state index contributed by atoms with van der Waals surface area (Å²) >= 11 is 3.31. The Morgan fingerprint density at radius 1 is 1.00 bits per heavy atom. The van der Waals surface area contributed by atoms with Gasteiger partial charge in [0.05, 0.1) is 13.5 Å². The summed E-state index contributed by atoms with van der Waals surface area (Å²) in [6.07, 6.45) is 0.833. The van der Waals surface area contributed by atoms with Crippen molar-refractivity contribution in [3.05, 3.63) is 20.9 Å². The smallest absolute Gasteiger partial charge is 0.310 e. The zero-order valence-electron chi connectivity index (χ0n) is 11.5. The first-order valence-electron chi connectivity index (χ1n) is 6.00. The molecule has 102 valence electrons. The van der Waals surface area contributed by atoms with Crippen LogP contribution in [0.25, 0.3) is 9.40 Å². The molecule has 0 spiro atoms. The predicted molar refractivity (Wildman–Crippen MR) is 79.3 cm³/mol. The molecule has 0 unspecified atom stereocenters. The third-order valence-corrected chi connectivity index (χ3v) is 6.07. The molecule has 2 aromatic heterocycles. The van der Waals surface area contributed by atoms with Crippen LogP contribution in [0.1, 0.15) is 27.8 Å². The number of carbonyl (C=O) groups is 2. The fourth-order valence-corrected chi connectivity index (χ4v) is 4.90. The first-order chi connectivity index (χ1) is 8.93. The Morgan fingerprint density at radius 3 is 1.89 bits per heavy atom. The van der Waals surface area contributed by atoms with Crippen molar-refractivity contribution in [3.63, 3.8) is 0 Å². The van der Waals surface area contributed by atoms with Gasteiger partial charge in [0.15, 0.2) is 0 Å². The highest BCUT2D eigenvalue weighted by molar-refractivity contribution is 7.28. The first-order valence-corrected chi connectivity index (χ1v) is 7.63. The summed E-state index contributed by atoms with van der Waals surface area (Å²) in [7, 11) is 1.41. The number of rotatable bonds is 4. The van der Waals surface area contributed by atoms with Crippen LogP contribution in [0.3, 0.4) is 0 Å². The molecule has 0 amide bonds. The second kappa shape index (κ2) is 5.43. The van der Waals surface area contributed by atoms with Crippen molar-refractivity contribution in [2.24, 2.45) is 0 Å². The van der Waals surface area contributed by atoms with E-state index < -0.39 is 0 Å². The summed E-state index contributed by atoms with van der Waals surface area (Å²) in [5.41, 5.74) is 2.33. The van der Waals surface area contributed by atoms with Crippen LogP contribution in [0.2, 0.25) is 0 Å². The molecule has 2 aromatic rings. The molecular weight excluding hydrogens is 280 g/mol. The zero-order valence-corrected chi connectivity index (χ0v) is 13.1. The zero-order chi connectivity index (χ0) is 14.2. The summed E-state index contributed by atoms with van der Waals surface area (Å²) in [6, 6.07) is 0. The average Bonchev–Trinajstić information content (AvgIpc) is 2.80. The molecule has 19 heavy (non-hydrogen) atoms. The van der Waals surface area contributed by atoms with Gasteiger partial charge in [-0.2, -0.15) is 0 Å². The maximum absolute atomic E-state index is 11.4. The van der Waals surface area contributed by atoms with E-state index in [1.807, 2.05) is 6.92 Å². The lowest BCUT2D eigenvalue weighted by atomic mass is 10.1. The minimum atomic E-state index is -0.210. The van der Waals surface area contributed by atoms with Gasteiger partial charge in [0.25, 0.3) is 0 Å². The SMILES string of the molecule is COC(=O)Cc1sc2c(C)c(CC(C)=O)sc2c1C. The molecular formula is C14H16O3S2. The number of ether oxygens (including phenoxy) is 1. The third kappa shape index (κ3) is 2.72. The number of carbonyl (C=O) groups excluding carboxylic acids is 2. The number of hydrogen-bond acceptors (Lipinski definition) is 5. The van der Waals surface area contributed by atoms with Crippen molar-refractivity contribution in [2.75, 3.05) is 7.11 Å². The van der Waals surface area contributed by atoms with Crippen molar-refractivity contribution >= 4 is 43.8 Å². The standard InChI is InChI=1S/C14H16O3S2/c1-7(15)5-10-8(2)13-14(18-10)9(3)11(19-13)6-12(16)17-4/h5-6H2,1-4H3. The lowest BCUT2D eigenvalue weighted by Gasteiger charge is -1.99. The molecule has 0 aliphatic heterocycles. The first kappa shape index (κ1) is 14.2. The van der Waals surface area contributed by atoms with Crippen LogP contribution in [0, 0.1) is 13.8 Å². The molecule has 0 atom stereocenters. The molecule has 2 heterocycles. The van der Waals surface area contributed by atoms with E-state index in [9.17, 15) is 9.59 Å². The Bertz CT molecular complexity index is 649. The number of ketones is 1. The number of fused-ring (bicyclic) bond motifs is 1. The van der Waals surface area contributed by atoms with Crippen molar-refractivity contribution in [2.45, 2.75) is 33.6 Å². The summed E-state index contributed by atoms with van der Waals surface area (Å²) in [6.45, 7) is 5.70. The summed E-state index contributed by atoms with van der Waals surface area (Å²) in [4.78, 5) is 24.8. The molecule has 0 saturated carbocycles. The molecule has 0 N–H and O–H groups in total. The van der Waals surface area contributed by atoms with Crippen LogP contribution >= 0.6 is 22.7 Å². The van der Waals surface area contributed by atoms with Gasteiger partial charge in [-0.3, -0.25) is 9.59 Å². The molecule has 0 aliphatic carbocycles. The van der Waals surface area contributed by atoms with Crippen LogP contribution < -0.4 is 0 Å². The van der Waals surface area contributed by atoms with Gasteiger partial charge < -0.3 is 4.74 Å². The number of thiophene rings is 2. The molecule has 0 aromatic carbocycles. The summed E-state index contributed by atoms with van der Waals surface area (Å²) in [5.74, 6) is -0.0249. The van der Waals surface area contributed by atoms with E-state index in [4.69, 9.17) is 4.74 Å². The van der Waals surface area contributed by atoms with Gasteiger partial charge in [0, 0.05) is 25.6 Å². The Labute approximate surface area is 120 Å². The van der Waals surface area contributed by atoms with E-state index in [1.54, 1.807) is 29.6 Å². The Morgan fingerprint density at radius 2 is 1.47 bits per heavy atom. The number of aryl methyl sites for hydroxylation is 2. The number of hydrogen-bond donors (Lipinski definition) is 0. The number of esters is 1.